The Hall–Kier alpha value is -0.366. The molecule has 0 aromatic rings. The van der Waals surface area contributed by atoms with Crippen LogP contribution in [-0.2, 0) is 0 Å². The maximum atomic E-state index is 14.2. The van der Waals surface area contributed by atoms with Gasteiger partial charge in [0, 0.05) is 0 Å². The second-order valence-corrected chi connectivity index (χ2v) is 11.0. The van der Waals surface area contributed by atoms with E-state index in [1.54, 1.807) is 41.5 Å². The molecule has 0 saturated heterocycles. The average Bonchev–Trinajstić information content (AvgIpc) is 2.05. The molecule has 0 bridgehead atoms. The van der Waals surface area contributed by atoms with Gasteiger partial charge >= 0.3 is 17.5 Å². The van der Waals surface area contributed by atoms with Crippen LogP contribution in [0.15, 0.2) is 21.8 Å². The van der Waals surface area contributed by atoms with Crippen molar-refractivity contribution in [3.8, 4) is 0 Å². The Kier molecular flexibility index (Phi) is 3.54. The number of halogens is 4. The van der Waals surface area contributed by atoms with Gasteiger partial charge in [0.25, 0.3) is 0 Å². The molecule has 0 aromatic carbocycles. The zero-order valence-corrected chi connectivity index (χ0v) is 13.7. The van der Waals surface area contributed by atoms with Crippen LogP contribution in [-0.4, -0.2) is 17.5 Å². The predicted molar refractivity (Wildman–Crippen MR) is 71.0 cm³/mol. The summed E-state index contributed by atoms with van der Waals surface area (Å²) < 4.78 is 56.7. The maximum Gasteiger partial charge on any atom is 0.476 e. The number of rotatable bonds is 0. The van der Waals surface area contributed by atoms with E-state index in [2.05, 4.69) is 0 Å². The van der Waals surface area contributed by atoms with Gasteiger partial charge in [0.15, 0.2) is 0 Å². The first-order valence-electron chi connectivity index (χ1n) is 5.91. The highest BCUT2D eigenvalue weighted by molar-refractivity contribution is 6.89. The summed E-state index contributed by atoms with van der Waals surface area (Å²) in [5, 5.41) is -0.640. The summed E-state index contributed by atoms with van der Waals surface area (Å²) in [7, 11) is -9.73. The van der Waals surface area contributed by atoms with E-state index in [-0.39, 0.29) is 10.4 Å². The lowest BCUT2D eigenvalue weighted by Crippen LogP contribution is -2.45. The molecular formula is C12H20F4Si2. The molecule has 0 unspecified atom stereocenters. The molecule has 1 aliphatic rings. The SMILES string of the molecule is CC(C)(C)C1=C[Si](F)(F)C(C(C)(C)C)=C[Si]1(F)F. The molecule has 18 heavy (non-hydrogen) atoms. The van der Waals surface area contributed by atoms with E-state index in [0.717, 1.165) is 0 Å². The molecule has 0 aromatic heterocycles. The molecule has 0 saturated carbocycles. The first-order valence-corrected chi connectivity index (χ1v) is 9.58. The highest BCUT2D eigenvalue weighted by Crippen LogP contribution is 2.46. The molecule has 6 heteroatoms. The molecule has 1 heterocycles. The third-order valence-corrected chi connectivity index (χ3v) is 8.09. The Morgan fingerprint density at radius 3 is 1.06 bits per heavy atom. The molecule has 0 fully saturated rings. The molecule has 0 N–H and O–H groups in total. The summed E-state index contributed by atoms with van der Waals surface area (Å²) >= 11 is 0. The zero-order valence-electron chi connectivity index (χ0n) is 11.7. The van der Waals surface area contributed by atoms with E-state index >= 15 is 0 Å². The van der Waals surface area contributed by atoms with Crippen LogP contribution < -0.4 is 0 Å². The smallest absolute Gasteiger partial charge is 0.260 e. The Bertz CT molecular complexity index is 369. The van der Waals surface area contributed by atoms with Gasteiger partial charge in [-0.3, -0.25) is 16.4 Å². The number of hydrogen-bond acceptors (Lipinski definition) is 0. The molecule has 0 aliphatic carbocycles. The topological polar surface area (TPSA) is 0 Å². The molecule has 104 valence electrons. The lowest BCUT2D eigenvalue weighted by Gasteiger charge is -2.36. The first kappa shape index (κ1) is 15.7. The minimum Gasteiger partial charge on any atom is -0.260 e. The fourth-order valence-corrected chi connectivity index (χ4v) is 8.67. The maximum absolute atomic E-state index is 14.2. The summed E-state index contributed by atoms with van der Waals surface area (Å²) in [5.41, 5.74) is -0.516. The molecule has 0 nitrogen and oxygen atoms in total. The van der Waals surface area contributed by atoms with Crippen LogP contribution in [0.4, 0.5) is 16.4 Å². The monoisotopic (exact) mass is 296 g/mol. The van der Waals surface area contributed by atoms with Crippen molar-refractivity contribution in [2.24, 2.45) is 10.8 Å². The van der Waals surface area contributed by atoms with E-state index in [1.807, 2.05) is 0 Å². The third kappa shape index (κ3) is 2.96. The average molecular weight is 296 g/mol. The van der Waals surface area contributed by atoms with E-state index in [9.17, 15) is 16.4 Å². The van der Waals surface area contributed by atoms with Crippen molar-refractivity contribution in [3.05, 3.63) is 21.8 Å². The van der Waals surface area contributed by atoms with Crippen molar-refractivity contribution >= 4 is 17.5 Å². The third-order valence-electron chi connectivity index (χ3n) is 2.99. The highest BCUT2D eigenvalue weighted by atomic mass is 28.4. The number of hydrogen-bond donors (Lipinski definition) is 0. The van der Waals surface area contributed by atoms with Crippen LogP contribution in [0.2, 0.25) is 0 Å². The quantitative estimate of drug-likeness (QED) is 0.340. The van der Waals surface area contributed by atoms with E-state index in [0.29, 0.717) is 11.4 Å². The summed E-state index contributed by atoms with van der Waals surface area (Å²) in [5.74, 6) is 0. The number of allylic oxidation sites excluding steroid dienone is 2. The fraction of sp³-hybridized carbons (Fsp3) is 0.667. The minimum absolute atomic E-state index is 0.320. The van der Waals surface area contributed by atoms with Gasteiger partial charge < -0.3 is 0 Å². The highest BCUT2D eigenvalue weighted by Gasteiger charge is 2.56. The van der Waals surface area contributed by atoms with Crippen LogP contribution in [0.25, 0.3) is 0 Å². The summed E-state index contributed by atoms with van der Waals surface area (Å²) in [6.45, 7) is 9.42. The standard InChI is InChI=1S/C12H20F4Si2/c1-11(2,3)9-7-18(15,16)10(12(4,5)6)8-17(9,13)14/h7-8H,1-6H3. The van der Waals surface area contributed by atoms with Crippen LogP contribution >= 0.6 is 0 Å². The van der Waals surface area contributed by atoms with Crippen molar-refractivity contribution in [1.29, 1.82) is 0 Å². The second-order valence-electron chi connectivity index (χ2n) is 6.86. The summed E-state index contributed by atoms with van der Waals surface area (Å²) in [4.78, 5) is 0. The van der Waals surface area contributed by atoms with Gasteiger partial charge in [0.1, 0.15) is 0 Å². The van der Waals surface area contributed by atoms with Gasteiger partial charge in [-0.1, -0.05) is 41.5 Å². The summed E-state index contributed by atoms with van der Waals surface area (Å²) in [6, 6.07) is 0. The van der Waals surface area contributed by atoms with Gasteiger partial charge in [0.05, 0.1) is 0 Å². The molecule has 0 spiro atoms. The molecule has 0 atom stereocenters. The molecule has 0 radical (unpaired) electrons. The predicted octanol–water partition coefficient (Wildman–Crippen LogP) is 4.86. The van der Waals surface area contributed by atoms with Crippen molar-refractivity contribution in [2.45, 2.75) is 41.5 Å². The van der Waals surface area contributed by atoms with Crippen molar-refractivity contribution in [2.75, 3.05) is 0 Å². The fourth-order valence-electron chi connectivity index (χ4n) is 2.14. The largest absolute Gasteiger partial charge is 0.476 e. The normalized spacial score (nSPS) is 23.4. The van der Waals surface area contributed by atoms with Crippen molar-refractivity contribution < 1.29 is 16.4 Å². The van der Waals surface area contributed by atoms with Crippen molar-refractivity contribution in [3.63, 3.8) is 0 Å². The second kappa shape index (κ2) is 4.06. The lowest BCUT2D eigenvalue weighted by atomic mass is 9.96. The van der Waals surface area contributed by atoms with Crippen LogP contribution in [0.5, 0.6) is 0 Å². The van der Waals surface area contributed by atoms with Crippen LogP contribution in [0, 0.1) is 10.8 Å². The lowest BCUT2D eigenvalue weighted by molar-refractivity contribution is 0.470. The molecule has 1 rings (SSSR count). The van der Waals surface area contributed by atoms with E-state index in [4.69, 9.17) is 0 Å². The van der Waals surface area contributed by atoms with Gasteiger partial charge in [0.2, 0.25) is 0 Å². The Morgan fingerprint density at radius 2 is 0.889 bits per heavy atom. The molecule has 1 aliphatic heterocycles. The van der Waals surface area contributed by atoms with Crippen LogP contribution in [0.1, 0.15) is 41.5 Å². The van der Waals surface area contributed by atoms with Crippen LogP contribution in [0.3, 0.4) is 0 Å². The molecule has 0 amide bonds. The van der Waals surface area contributed by atoms with E-state index < -0.39 is 28.3 Å². The zero-order chi connectivity index (χ0) is 14.6. The Morgan fingerprint density at radius 1 is 0.667 bits per heavy atom. The van der Waals surface area contributed by atoms with Gasteiger partial charge in [-0.2, -0.15) is 0 Å². The Balaban J connectivity index is 3.42. The minimum atomic E-state index is -4.86. The summed E-state index contributed by atoms with van der Waals surface area (Å²) in [6.07, 6.45) is 0. The first-order chi connectivity index (χ1) is 7.68. The van der Waals surface area contributed by atoms with Gasteiger partial charge in [-0.15, -0.1) is 0 Å². The molecular weight excluding hydrogens is 276 g/mol. The Labute approximate surface area is 108 Å². The van der Waals surface area contributed by atoms with E-state index in [1.165, 1.54) is 0 Å². The van der Waals surface area contributed by atoms with Crippen molar-refractivity contribution in [1.82, 2.24) is 0 Å². The van der Waals surface area contributed by atoms with Gasteiger partial charge in [-0.25, -0.2) is 0 Å². The van der Waals surface area contributed by atoms with Gasteiger partial charge in [-0.05, 0) is 32.6 Å².